The van der Waals surface area contributed by atoms with Crippen LogP contribution >= 0.6 is 22.6 Å². The zero-order chi connectivity index (χ0) is 13.0. The summed E-state index contributed by atoms with van der Waals surface area (Å²) in [5.74, 6) is -0.214. The maximum atomic E-state index is 12.0. The van der Waals surface area contributed by atoms with Crippen molar-refractivity contribution < 1.29 is 4.79 Å². The summed E-state index contributed by atoms with van der Waals surface area (Å²) in [6, 6.07) is 16.2. The van der Waals surface area contributed by atoms with E-state index >= 15 is 0 Å². The van der Waals surface area contributed by atoms with Crippen molar-refractivity contribution in [2.45, 2.75) is 0 Å². The van der Waals surface area contributed by atoms with Crippen LogP contribution in [0.2, 0.25) is 0 Å². The monoisotopic (exact) mass is 348 g/mol. The van der Waals surface area contributed by atoms with Crippen LogP contribution in [0.1, 0.15) is 15.9 Å². The van der Waals surface area contributed by atoms with Gasteiger partial charge in [0.05, 0.1) is 11.6 Å². The molecule has 18 heavy (non-hydrogen) atoms. The molecule has 0 saturated heterocycles. The first-order valence-electron chi connectivity index (χ1n) is 5.26. The Kier molecular flexibility index (Phi) is 3.95. The maximum absolute atomic E-state index is 12.0. The molecule has 88 valence electrons. The molecule has 0 aliphatic rings. The highest BCUT2D eigenvalue weighted by molar-refractivity contribution is 14.1. The van der Waals surface area contributed by atoms with Gasteiger partial charge < -0.3 is 5.32 Å². The van der Waals surface area contributed by atoms with Gasteiger partial charge in [-0.15, -0.1) is 0 Å². The number of carbonyl (C=O) groups is 1. The molecular formula is C14H9IN2O. The van der Waals surface area contributed by atoms with Crippen molar-refractivity contribution in [3.8, 4) is 6.07 Å². The first-order valence-corrected chi connectivity index (χ1v) is 6.34. The van der Waals surface area contributed by atoms with E-state index in [1.807, 2.05) is 30.3 Å². The molecule has 0 radical (unpaired) electrons. The fraction of sp³-hybridized carbons (Fsp3) is 0. The van der Waals surface area contributed by atoms with E-state index in [0.717, 1.165) is 9.26 Å². The summed E-state index contributed by atoms with van der Waals surface area (Å²) in [4.78, 5) is 12.0. The molecule has 1 N–H and O–H groups in total. The van der Waals surface area contributed by atoms with Gasteiger partial charge in [0, 0.05) is 14.8 Å². The molecule has 2 rings (SSSR count). The molecule has 3 nitrogen and oxygen atoms in total. The summed E-state index contributed by atoms with van der Waals surface area (Å²) in [6.07, 6.45) is 0. The molecule has 4 heteroatoms. The molecule has 0 aliphatic heterocycles. The Hall–Kier alpha value is -1.87. The number of rotatable bonds is 2. The smallest absolute Gasteiger partial charge is 0.255 e. The Morgan fingerprint density at radius 1 is 1.17 bits per heavy atom. The third kappa shape index (κ3) is 3.08. The summed E-state index contributed by atoms with van der Waals surface area (Å²) in [7, 11) is 0. The number of nitrogens with zero attached hydrogens (tertiary/aromatic N) is 1. The molecule has 0 heterocycles. The lowest BCUT2D eigenvalue weighted by atomic mass is 10.1. The standard InChI is InChI=1S/C14H9IN2O/c15-12-5-2-6-13(8-12)17-14(18)11-4-1-3-10(7-11)9-16/h1-8H,(H,17,18). The molecular weight excluding hydrogens is 339 g/mol. The van der Waals surface area contributed by atoms with Gasteiger partial charge in [0.1, 0.15) is 0 Å². The SMILES string of the molecule is N#Cc1cccc(C(=O)Nc2cccc(I)c2)c1. The number of carbonyl (C=O) groups excluding carboxylic acids is 1. The van der Waals surface area contributed by atoms with E-state index in [1.54, 1.807) is 24.3 Å². The highest BCUT2D eigenvalue weighted by atomic mass is 127. The second-order valence-electron chi connectivity index (χ2n) is 3.66. The van der Waals surface area contributed by atoms with Crippen molar-refractivity contribution in [3.63, 3.8) is 0 Å². The summed E-state index contributed by atoms with van der Waals surface area (Å²) < 4.78 is 1.05. The van der Waals surface area contributed by atoms with E-state index in [0.29, 0.717) is 11.1 Å². The number of hydrogen-bond donors (Lipinski definition) is 1. The van der Waals surface area contributed by atoms with Gasteiger partial charge in [0.2, 0.25) is 0 Å². The predicted molar refractivity (Wildman–Crippen MR) is 78.3 cm³/mol. The molecule has 2 aromatic carbocycles. The van der Waals surface area contributed by atoms with Crippen molar-refractivity contribution in [2.24, 2.45) is 0 Å². The number of amides is 1. The van der Waals surface area contributed by atoms with Crippen molar-refractivity contribution in [1.29, 1.82) is 5.26 Å². The number of halogens is 1. The van der Waals surface area contributed by atoms with E-state index in [9.17, 15) is 4.79 Å². The Morgan fingerprint density at radius 2 is 1.94 bits per heavy atom. The molecule has 0 saturated carbocycles. The zero-order valence-corrected chi connectivity index (χ0v) is 11.5. The molecule has 0 unspecified atom stereocenters. The number of benzene rings is 2. The fourth-order valence-electron chi connectivity index (χ4n) is 1.50. The molecule has 0 aliphatic carbocycles. The molecule has 0 aromatic heterocycles. The number of hydrogen-bond acceptors (Lipinski definition) is 2. The largest absolute Gasteiger partial charge is 0.322 e. The average Bonchev–Trinajstić information content (AvgIpc) is 2.39. The Morgan fingerprint density at radius 3 is 2.67 bits per heavy atom. The van der Waals surface area contributed by atoms with E-state index in [4.69, 9.17) is 5.26 Å². The fourth-order valence-corrected chi connectivity index (χ4v) is 2.04. The third-order valence-electron chi connectivity index (χ3n) is 2.34. The van der Waals surface area contributed by atoms with Crippen LogP contribution in [0.15, 0.2) is 48.5 Å². The first-order chi connectivity index (χ1) is 8.69. The summed E-state index contributed by atoms with van der Waals surface area (Å²) >= 11 is 2.18. The van der Waals surface area contributed by atoms with Gasteiger partial charge >= 0.3 is 0 Å². The van der Waals surface area contributed by atoms with Crippen LogP contribution in [-0.4, -0.2) is 5.91 Å². The topological polar surface area (TPSA) is 52.9 Å². The Labute approximate surface area is 119 Å². The molecule has 0 atom stereocenters. The highest BCUT2D eigenvalue weighted by Crippen LogP contribution is 2.14. The van der Waals surface area contributed by atoms with Gasteiger partial charge in [-0.3, -0.25) is 4.79 Å². The number of nitrogens with one attached hydrogen (secondary N) is 1. The summed E-state index contributed by atoms with van der Waals surface area (Å²) in [5, 5.41) is 11.6. The van der Waals surface area contributed by atoms with Crippen LogP contribution in [0.3, 0.4) is 0 Å². The van der Waals surface area contributed by atoms with Crippen LogP contribution in [-0.2, 0) is 0 Å². The van der Waals surface area contributed by atoms with Crippen molar-refractivity contribution in [1.82, 2.24) is 0 Å². The predicted octanol–water partition coefficient (Wildman–Crippen LogP) is 3.42. The maximum Gasteiger partial charge on any atom is 0.255 e. The van der Waals surface area contributed by atoms with Gasteiger partial charge in [-0.25, -0.2) is 0 Å². The molecule has 2 aromatic rings. The van der Waals surface area contributed by atoms with Crippen LogP contribution < -0.4 is 5.32 Å². The highest BCUT2D eigenvalue weighted by Gasteiger charge is 2.06. The van der Waals surface area contributed by atoms with E-state index in [-0.39, 0.29) is 5.91 Å². The lowest BCUT2D eigenvalue weighted by molar-refractivity contribution is 0.102. The van der Waals surface area contributed by atoms with Crippen LogP contribution in [0.5, 0.6) is 0 Å². The molecule has 1 amide bonds. The van der Waals surface area contributed by atoms with Crippen molar-refractivity contribution >= 4 is 34.2 Å². The van der Waals surface area contributed by atoms with Gasteiger partial charge in [-0.05, 0) is 59.0 Å². The average molecular weight is 348 g/mol. The number of anilines is 1. The molecule has 0 fully saturated rings. The van der Waals surface area contributed by atoms with E-state index < -0.39 is 0 Å². The first kappa shape index (κ1) is 12.6. The summed E-state index contributed by atoms with van der Waals surface area (Å²) in [5.41, 5.74) is 1.70. The van der Waals surface area contributed by atoms with Crippen molar-refractivity contribution in [3.05, 3.63) is 63.2 Å². The second-order valence-corrected chi connectivity index (χ2v) is 4.90. The third-order valence-corrected chi connectivity index (χ3v) is 3.01. The lowest BCUT2D eigenvalue weighted by Crippen LogP contribution is -2.11. The molecule has 0 bridgehead atoms. The minimum atomic E-state index is -0.214. The van der Waals surface area contributed by atoms with Gasteiger partial charge in [0.15, 0.2) is 0 Å². The zero-order valence-electron chi connectivity index (χ0n) is 9.35. The van der Waals surface area contributed by atoms with E-state index in [2.05, 4.69) is 27.9 Å². The van der Waals surface area contributed by atoms with Crippen LogP contribution in [0.4, 0.5) is 5.69 Å². The number of nitriles is 1. The van der Waals surface area contributed by atoms with Crippen molar-refractivity contribution in [2.75, 3.05) is 5.32 Å². The Balaban J connectivity index is 2.20. The van der Waals surface area contributed by atoms with Gasteiger partial charge in [0.25, 0.3) is 5.91 Å². The molecule has 0 spiro atoms. The van der Waals surface area contributed by atoms with Crippen LogP contribution in [0.25, 0.3) is 0 Å². The second kappa shape index (κ2) is 5.65. The summed E-state index contributed by atoms with van der Waals surface area (Å²) in [6.45, 7) is 0. The van der Waals surface area contributed by atoms with Gasteiger partial charge in [-0.2, -0.15) is 5.26 Å². The Bertz CT molecular complexity index is 632. The lowest BCUT2D eigenvalue weighted by Gasteiger charge is -2.05. The van der Waals surface area contributed by atoms with Gasteiger partial charge in [-0.1, -0.05) is 12.1 Å². The minimum Gasteiger partial charge on any atom is -0.322 e. The minimum absolute atomic E-state index is 0.214. The van der Waals surface area contributed by atoms with E-state index in [1.165, 1.54) is 0 Å². The normalized spacial score (nSPS) is 9.56. The quantitative estimate of drug-likeness (QED) is 0.846. The van der Waals surface area contributed by atoms with Crippen LogP contribution in [0, 0.1) is 14.9 Å².